The van der Waals surface area contributed by atoms with Gasteiger partial charge in [-0.1, -0.05) is 18.2 Å². The molecule has 1 aliphatic heterocycles. The number of piperidine rings is 1. The molecule has 0 aromatic heterocycles. The van der Waals surface area contributed by atoms with Crippen LogP contribution in [-0.2, 0) is 21.2 Å². The van der Waals surface area contributed by atoms with E-state index in [2.05, 4.69) is 10.6 Å². The quantitative estimate of drug-likeness (QED) is 0.719. The Morgan fingerprint density at radius 1 is 1.26 bits per heavy atom. The molecular weight excluding hydrogens is 409 g/mol. The van der Waals surface area contributed by atoms with Crippen LogP contribution >= 0.6 is 12.4 Å². The largest absolute Gasteiger partial charge is 0.484 e. The molecular formula is C16H22ClF3N2O4S. The van der Waals surface area contributed by atoms with Crippen LogP contribution in [-0.4, -0.2) is 51.2 Å². The number of ether oxygens (including phenoxy) is 1. The van der Waals surface area contributed by atoms with Crippen LogP contribution < -0.4 is 15.4 Å². The molecule has 2 N–H and O–H groups in total. The summed E-state index contributed by atoms with van der Waals surface area (Å²) >= 11 is 0. The minimum absolute atomic E-state index is 0. The van der Waals surface area contributed by atoms with Crippen molar-refractivity contribution in [3.05, 3.63) is 29.8 Å². The van der Waals surface area contributed by atoms with E-state index in [0.29, 0.717) is 18.7 Å². The van der Waals surface area contributed by atoms with E-state index in [1.54, 1.807) is 6.07 Å². The van der Waals surface area contributed by atoms with Crippen molar-refractivity contribution < 1.29 is 31.1 Å². The van der Waals surface area contributed by atoms with Crippen molar-refractivity contribution in [3.8, 4) is 5.75 Å². The maximum atomic E-state index is 12.6. The number of nitrogens with one attached hydrogen (secondary N) is 2. The van der Waals surface area contributed by atoms with Crippen LogP contribution in [0.5, 0.6) is 5.75 Å². The van der Waals surface area contributed by atoms with Crippen molar-refractivity contribution in [2.75, 3.05) is 26.0 Å². The van der Waals surface area contributed by atoms with E-state index in [1.165, 1.54) is 18.2 Å². The van der Waals surface area contributed by atoms with E-state index in [4.69, 9.17) is 4.74 Å². The number of alkyl halides is 3. The lowest BCUT2D eigenvalue weighted by Gasteiger charge is -2.34. The standard InChI is InChI=1S/C16H21F3N2O4S.ClH/c1-26(23,24)15(6-8-20-9-7-15)14(22)21-10-12-4-2-3-5-13(12)25-11-16(17,18)19;/h2-5,20H,6-11H2,1H3,(H,21,22);1H. The van der Waals surface area contributed by atoms with Crippen LogP contribution in [0.25, 0.3) is 0 Å². The third kappa shape index (κ3) is 5.98. The first-order valence-electron chi connectivity index (χ1n) is 8.01. The molecule has 1 aromatic carbocycles. The molecule has 0 bridgehead atoms. The first-order chi connectivity index (χ1) is 12.1. The van der Waals surface area contributed by atoms with Gasteiger partial charge in [0.1, 0.15) is 5.75 Å². The summed E-state index contributed by atoms with van der Waals surface area (Å²) in [5, 5.41) is 5.56. The fraction of sp³-hybridized carbons (Fsp3) is 0.562. The Morgan fingerprint density at radius 3 is 2.41 bits per heavy atom. The molecule has 1 fully saturated rings. The first kappa shape index (κ1) is 23.5. The third-order valence-electron chi connectivity index (χ3n) is 4.34. The predicted octanol–water partition coefficient (Wildman–Crippen LogP) is 1.83. The Labute approximate surface area is 162 Å². The summed E-state index contributed by atoms with van der Waals surface area (Å²) in [4.78, 5) is 12.6. The van der Waals surface area contributed by atoms with Crippen LogP contribution in [0, 0.1) is 0 Å². The molecule has 1 amide bonds. The zero-order chi connectivity index (χ0) is 19.4. The molecule has 0 saturated carbocycles. The van der Waals surface area contributed by atoms with Gasteiger partial charge in [0, 0.05) is 18.4 Å². The zero-order valence-corrected chi connectivity index (χ0v) is 16.3. The number of sulfone groups is 1. The van der Waals surface area contributed by atoms with Gasteiger partial charge in [0.2, 0.25) is 5.91 Å². The summed E-state index contributed by atoms with van der Waals surface area (Å²) < 4.78 is 64.7. The molecule has 0 unspecified atom stereocenters. The van der Waals surface area contributed by atoms with Crippen molar-refractivity contribution in [2.24, 2.45) is 0 Å². The molecule has 0 radical (unpaired) electrons. The van der Waals surface area contributed by atoms with Gasteiger partial charge in [-0.25, -0.2) is 8.42 Å². The summed E-state index contributed by atoms with van der Waals surface area (Å²) in [7, 11) is -3.66. The van der Waals surface area contributed by atoms with Crippen molar-refractivity contribution >= 4 is 28.2 Å². The molecule has 1 aliphatic rings. The molecule has 1 saturated heterocycles. The summed E-state index contributed by atoms with van der Waals surface area (Å²) in [6, 6.07) is 5.99. The molecule has 1 aromatic rings. The normalized spacial score (nSPS) is 16.9. The van der Waals surface area contributed by atoms with Gasteiger partial charge in [-0.3, -0.25) is 4.79 Å². The number of benzene rings is 1. The average Bonchev–Trinajstić information content (AvgIpc) is 2.57. The number of para-hydroxylation sites is 1. The fourth-order valence-electron chi connectivity index (χ4n) is 2.88. The molecule has 11 heteroatoms. The second-order valence-corrected chi connectivity index (χ2v) is 8.54. The minimum Gasteiger partial charge on any atom is -0.484 e. The van der Waals surface area contributed by atoms with Crippen LogP contribution in [0.15, 0.2) is 24.3 Å². The summed E-state index contributed by atoms with van der Waals surface area (Å²) in [6.07, 6.45) is -3.17. The molecule has 27 heavy (non-hydrogen) atoms. The maximum absolute atomic E-state index is 12.6. The SMILES string of the molecule is CS(=O)(=O)C1(C(=O)NCc2ccccc2OCC(F)(F)F)CCNCC1.Cl. The molecule has 2 rings (SSSR count). The van der Waals surface area contributed by atoms with E-state index >= 15 is 0 Å². The Hall–Kier alpha value is -1.52. The van der Waals surface area contributed by atoms with Gasteiger partial charge in [0.25, 0.3) is 0 Å². The van der Waals surface area contributed by atoms with Crippen LogP contribution in [0.4, 0.5) is 13.2 Å². The van der Waals surface area contributed by atoms with Gasteiger partial charge in [-0.05, 0) is 32.0 Å². The van der Waals surface area contributed by atoms with Gasteiger partial charge < -0.3 is 15.4 Å². The Kier molecular flexibility index (Phi) is 7.94. The number of hydrogen-bond acceptors (Lipinski definition) is 5. The lowest BCUT2D eigenvalue weighted by molar-refractivity contribution is -0.153. The lowest BCUT2D eigenvalue weighted by atomic mass is 9.95. The third-order valence-corrected chi connectivity index (χ3v) is 6.35. The number of hydrogen-bond donors (Lipinski definition) is 2. The summed E-state index contributed by atoms with van der Waals surface area (Å²) in [5.74, 6) is -0.657. The van der Waals surface area contributed by atoms with E-state index in [1.807, 2.05) is 0 Å². The highest BCUT2D eigenvalue weighted by Gasteiger charge is 2.48. The average molecular weight is 431 g/mol. The van der Waals surface area contributed by atoms with Gasteiger partial charge in [-0.2, -0.15) is 13.2 Å². The number of rotatable bonds is 6. The van der Waals surface area contributed by atoms with E-state index in [-0.39, 0.29) is 37.5 Å². The van der Waals surface area contributed by atoms with Crippen LogP contribution in [0.1, 0.15) is 18.4 Å². The van der Waals surface area contributed by atoms with Gasteiger partial charge in [-0.15, -0.1) is 12.4 Å². The van der Waals surface area contributed by atoms with Crippen LogP contribution in [0.3, 0.4) is 0 Å². The Bertz CT molecular complexity index is 750. The fourth-order valence-corrected chi connectivity index (χ4v) is 4.24. The van der Waals surface area contributed by atoms with Gasteiger partial charge in [0.15, 0.2) is 21.2 Å². The smallest absolute Gasteiger partial charge is 0.422 e. The zero-order valence-electron chi connectivity index (χ0n) is 14.6. The first-order valence-corrected chi connectivity index (χ1v) is 9.90. The number of halogens is 4. The number of carbonyl (C=O) groups is 1. The maximum Gasteiger partial charge on any atom is 0.422 e. The molecule has 6 nitrogen and oxygen atoms in total. The van der Waals surface area contributed by atoms with Crippen molar-refractivity contribution in [1.29, 1.82) is 0 Å². The second kappa shape index (κ2) is 9.11. The highest BCUT2D eigenvalue weighted by molar-refractivity contribution is 7.92. The Balaban J connectivity index is 0.00000364. The van der Waals surface area contributed by atoms with Crippen molar-refractivity contribution in [1.82, 2.24) is 10.6 Å². The highest BCUT2D eigenvalue weighted by atomic mass is 35.5. The Morgan fingerprint density at radius 2 is 1.85 bits per heavy atom. The monoisotopic (exact) mass is 430 g/mol. The molecule has 0 aliphatic carbocycles. The summed E-state index contributed by atoms with van der Waals surface area (Å²) in [5.41, 5.74) is 0.336. The second-order valence-electron chi connectivity index (χ2n) is 6.21. The molecule has 154 valence electrons. The molecule has 1 heterocycles. The molecule has 0 atom stereocenters. The van der Waals surface area contributed by atoms with E-state index in [0.717, 1.165) is 6.26 Å². The highest BCUT2D eigenvalue weighted by Crippen LogP contribution is 2.28. The van der Waals surface area contributed by atoms with Gasteiger partial charge in [0.05, 0.1) is 0 Å². The van der Waals surface area contributed by atoms with E-state index in [9.17, 15) is 26.4 Å². The summed E-state index contributed by atoms with van der Waals surface area (Å²) in [6.45, 7) is -0.786. The number of amides is 1. The van der Waals surface area contributed by atoms with Crippen molar-refractivity contribution in [2.45, 2.75) is 30.3 Å². The lowest BCUT2D eigenvalue weighted by Crippen LogP contribution is -2.57. The van der Waals surface area contributed by atoms with Gasteiger partial charge >= 0.3 is 6.18 Å². The topological polar surface area (TPSA) is 84.5 Å². The number of carbonyl (C=O) groups excluding carboxylic acids is 1. The van der Waals surface area contributed by atoms with E-state index < -0.39 is 33.3 Å². The molecule has 0 spiro atoms. The van der Waals surface area contributed by atoms with Crippen molar-refractivity contribution in [3.63, 3.8) is 0 Å². The van der Waals surface area contributed by atoms with Crippen LogP contribution in [0.2, 0.25) is 0 Å². The minimum atomic E-state index is -4.48. The predicted molar refractivity (Wildman–Crippen MR) is 96.8 cm³/mol.